The number of nitrogens with zero attached hydrogens (tertiary/aromatic N) is 1. The molecule has 1 aliphatic heterocycles. The molecule has 1 N–H and O–H groups in total. The Bertz CT molecular complexity index is 963. The van der Waals surface area contributed by atoms with Crippen LogP contribution >= 0.6 is 27.5 Å². The van der Waals surface area contributed by atoms with Crippen LogP contribution in [0, 0.1) is 6.92 Å². The van der Waals surface area contributed by atoms with E-state index in [4.69, 9.17) is 11.6 Å². The highest BCUT2D eigenvalue weighted by molar-refractivity contribution is 9.10. The van der Waals surface area contributed by atoms with Crippen LogP contribution in [0.15, 0.2) is 40.9 Å². The molecule has 3 aromatic rings. The first-order valence-electron chi connectivity index (χ1n) is 7.88. The molecule has 2 aromatic carbocycles. The van der Waals surface area contributed by atoms with E-state index >= 15 is 0 Å². The number of benzene rings is 2. The molecular formula is C19H16BrClN2O. The Hall–Kier alpha value is -1.78. The number of aryl methyl sites for hydroxylation is 1. The van der Waals surface area contributed by atoms with Gasteiger partial charge in [0, 0.05) is 51.2 Å². The van der Waals surface area contributed by atoms with E-state index in [2.05, 4.69) is 20.9 Å². The highest BCUT2D eigenvalue weighted by atomic mass is 79.9. The number of hydrogen-bond donors (Lipinski definition) is 1. The Kier molecular flexibility index (Phi) is 3.89. The summed E-state index contributed by atoms with van der Waals surface area (Å²) < 4.78 is 0.878. The Balaban J connectivity index is 1.71. The van der Waals surface area contributed by atoms with Crippen LogP contribution in [0.2, 0.25) is 5.02 Å². The van der Waals surface area contributed by atoms with Gasteiger partial charge in [0.1, 0.15) is 0 Å². The quantitative estimate of drug-likeness (QED) is 0.603. The van der Waals surface area contributed by atoms with Crippen LogP contribution < -0.4 is 0 Å². The largest absolute Gasteiger partial charge is 0.358 e. The zero-order valence-electron chi connectivity index (χ0n) is 13.2. The van der Waals surface area contributed by atoms with Gasteiger partial charge in [0.25, 0.3) is 5.91 Å². The molecule has 1 aliphatic rings. The van der Waals surface area contributed by atoms with Crippen LogP contribution in [0.3, 0.4) is 0 Å². The fourth-order valence-corrected chi connectivity index (χ4v) is 3.95. The zero-order valence-corrected chi connectivity index (χ0v) is 15.5. The maximum Gasteiger partial charge on any atom is 0.255 e. The molecular weight excluding hydrogens is 388 g/mol. The molecule has 0 saturated heterocycles. The highest BCUT2D eigenvalue weighted by Gasteiger charge is 2.26. The Morgan fingerprint density at radius 3 is 2.96 bits per heavy atom. The topological polar surface area (TPSA) is 36.1 Å². The van der Waals surface area contributed by atoms with E-state index in [0.717, 1.165) is 32.9 Å². The summed E-state index contributed by atoms with van der Waals surface area (Å²) in [7, 11) is 0. The Morgan fingerprint density at radius 1 is 1.29 bits per heavy atom. The fraction of sp³-hybridized carbons (Fsp3) is 0.211. The van der Waals surface area contributed by atoms with Gasteiger partial charge in [-0.15, -0.1) is 0 Å². The summed E-state index contributed by atoms with van der Waals surface area (Å²) in [6.07, 6.45) is 0.830. The predicted molar refractivity (Wildman–Crippen MR) is 101 cm³/mol. The van der Waals surface area contributed by atoms with E-state index in [1.165, 1.54) is 11.3 Å². The maximum absolute atomic E-state index is 13.0. The molecule has 3 nitrogen and oxygen atoms in total. The van der Waals surface area contributed by atoms with Crippen LogP contribution in [-0.4, -0.2) is 22.3 Å². The molecule has 122 valence electrons. The number of amides is 1. The molecule has 5 heteroatoms. The molecule has 24 heavy (non-hydrogen) atoms. The third-order valence-corrected chi connectivity index (χ3v) is 5.93. The van der Waals surface area contributed by atoms with Crippen LogP contribution in [0.25, 0.3) is 10.9 Å². The second-order valence-corrected chi connectivity index (χ2v) is 7.41. The number of fused-ring (bicyclic) bond motifs is 3. The first-order chi connectivity index (χ1) is 11.5. The van der Waals surface area contributed by atoms with Crippen molar-refractivity contribution in [1.29, 1.82) is 0 Å². The average molecular weight is 404 g/mol. The van der Waals surface area contributed by atoms with Crippen molar-refractivity contribution in [3.05, 3.63) is 68.3 Å². The SMILES string of the molecule is Cc1cccc(C(=O)N2CCc3[nH]c4ccc(Cl)cc4c3C2)c1Br. The van der Waals surface area contributed by atoms with E-state index in [0.29, 0.717) is 18.1 Å². The second-order valence-electron chi connectivity index (χ2n) is 6.19. The minimum absolute atomic E-state index is 0.0626. The summed E-state index contributed by atoms with van der Waals surface area (Å²) in [6, 6.07) is 11.7. The van der Waals surface area contributed by atoms with Crippen LogP contribution in [0.4, 0.5) is 0 Å². The van der Waals surface area contributed by atoms with Crippen molar-refractivity contribution < 1.29 is 4.79 Å². The van der Waals surface area contributed by atoms with Crippen molar-refractivity contribution in [1.82, 2.24) is 9.88 Å². The van der Waals surface area contributed by atoms with Crippen LogP contribution in [0.5, 0.6) is 0 Å². The molecule has 0 bridgehead atoms. The molecule has 0 fully saturated rings. The van der Waals surface area contributed by atoms with Gasteiger partial charge in [0.2, 0.25) is 0 Å². The minimum atomic E-state index is 0.0626. The average Bonchev–Trinajstić information content (AvgIpc) is 2.94. The first kappa shape index (κ1) is 15.7. The Labute approximate surface area is 153 Å². The Morgan fingerprint density at radius 2 is 2.12 bits per heavy atom. The number of hydrogen-bond acceptors (Lipinski definition) is 1. The number of H-pyrrole nitrogens is 1. The number of aromatic amines is 1. The lowest BCUT2D eigenvalue weighted by Gasteiger charge is -2.28. The molecule has 1 aromatic heterocycles. The van der Waals surface area contributed by atoms with Crippen molar-refractivity contribution in [2.45, 2.75) is 19.9 Å². The summed E-state index contributed by atoms with van der Waals surface area (Å²) in [5.74, 6) is 0.0626. The van der Waals surface area contributed by atoms with Gasteiger partial charge < -0.3 is 9.88 Å². The first-order valence-corrected chi connectivity index (χ1v) is 9.05. The molecule has 0 saturated carbocycles. The lowest BCUT2D eigenvalue weighted by molar-refractivity contribution is 0.0734. The van der Waals surface area contributed by atoms with Gasteiger partial charge in [-0.05, 0) is 52.7 Å². The van der Waals surface area contributed by atoms with Gasteiger partial charge in [0.05, 0.1) is 5.56 Å². The molecule has 0 unspecified atom stereocenters. The van der Waals surface area contributed by atoms with Crippen LogP contribution in [-0.2, 0) is 13.0 Å². The number of carbonyl (C=O) groups excluding carboxylic acids is 1. The van der Waals surface area contributed by atoms with E-state index in [1.54, 1.807) is 0 Å². The minimum Gasteiger partial charge on any atom is -0.358 e. The molecule has 0 radical (unpaired) electrons. The molecule has 1 amide bonds. The highest BCUT2D eigenvalue weighted by Crippen LogP contribution is 2.31. The summed E-state index contributed by atoms with van der Waals surface area (Å²) in [4.78, 5) is 18.3. The lowest BCUT2D eigenvalue weighted by atomic mass is 10.0. The summed E-state index contributed by atoms with van der Waals surface area (Å²) in [5, 5.41) is 1.83. The third-order valence-electron chi connectivity index (χ3n) is 4.65. The van der Waals surface area contributed by atoms with Crippen molar-refractivity contribution in [3.8, 4) is 0 Å². The zero-order chi connectivity index (χ0) is 16.8. The number of carbonyl (C=O) groups is 1. The predicted octanol–water partition coefficient (Wildman–Crippen LogP) is 5.09. The molecule has 0 atom stereocenters. The number of aromatic nitrogens is 1. The number of halogens is 2. The van der Waals surface area contributed by atoms with Crippen LogP contribution in [0.1, 0.15) is 27.2 Å². The second kappa shape index (κ2) is 5.94. The van der Waals surface area contributed by atoms with E-state index < -0.39 is 0 Å². The molecule has 4 rings (SSSR count). The monoisotopic (exact) mass is 402 g/mol. The van der Waals surface area contributed by atoms with E-state index in [9.17, 15) is 4.79 Å². The lowest BCUT2D eigenvalue weighted by Crippen LogP contribution is -2.36. The van der Waals surface area contributed by atoms with Crippen molar-refractivity contribution in [3.63, 3.8) is 0 Å². The van der Waals surface area contributed by atoms with Gasteiger partial charge in [-0.25, -0.2) is 0 Å². The molecule has 0 spiro atoms. The third kappa shape index (κ3) is 2.54. The standard InChI is InChI=1S/C19H16BrClN2O/c1-11-3-2-4-13(18(11)20)19(24)23-8-7-17-15(10-23)14-9-12(21)5-6-16(14)22-17/h2-6,9,22H,7-8,10H2,1H3. The van der Waals surface area contributed by atoms with Gasteiger partial charge in [0.15, 0.2) is 0 Å². The van der Waals surface area contributed by atoms with Crippen molar-refractivity contribution in [2.24, 2.45) is 0 Å². The van der Waals surface area contributed by atoms with Crippen molar-refractivity contribution in [2.75, 3.05) is 6.54 Å². The number of nitrogens with one attached hydrogen (secondary N) is 1. The normalized spacial score (nSPS) is 14.0. The van der Waals surface area contributed by atoms with Gasteiger partial charge in [-0.3, -0.25) is 4.79 Å². The molecule has 2 heterocycles. The van der Waals surface area contributed by atoms with Gasteiger partial charge in [-0.2, -0.15) is 0 Å². The summed E-state index contributed by atoms with van der Waals surface area (Å²) in [6.45, 7) is 3.32. The van der Waals surface area contributed by atoms with E-state index in [-0.39, 0.29) is 5.91 Å². The fourth-order valence-electron chi connectivity index (χ4n) is 3.34. The summed E-state index contributed by atoms with van der Waals surface area (Å²) >= 11 is 9.70. The van der Waals surface area contributed by atoms with Gasteiger partial charge in [-0.1, -0.05) is 23.7 Å². The van der Waals surface area contributed by atoms with Gasteiger partial charge >= 0.3 is 0 Å². The maximum atomic E-state index is 13.0. The number of rotatable bonds is 1. The van der Waals surface area contributed by atoms with E-state index in [1.807, 2.05) is 48.2 Å². The van der Waals surface area contributed by atoms with Crippen molar-refractivity contribution >= 4 is 44.3 Å². The summed E-state index contributed by atoms with van der Waals surface area (Å²) in [5.41, 5.74) is 5.25. The smallest absolute Gasteiger partial charge is 0.255 e. The molecule has 0 aliphatic carbocycles.